The molecule has 2 atom stereocenters. The first-order chi connectivity index (χ1) is 29.9. The predicted octanol–water partition coefficient (Wildman–Crippen LogP) is 7.81. The van der Waals surface area contributed by atoms with Gasteiger partial charge in [-0.05, 0) is 91.6 Å². The number of ether oxygens (including phenoxy) is 1. The first-order valence-corrected chi connectivity index (χ1v) is 21.7. The highest BCUT2D eigenvalue weighted by molar-refractivity contribution is 6.04. The number of hydrogen-bond acceptors (Lipinski definition) is 9. The number of benzene rings is 2. The number of halogens is 2. The number of aromatic nitrogens is 4. The van der Waals surface area contributed by atoms with E-state index in [9.17, 15) is 19.2 Å². The van der Waals surface area contributed by atoms with E-state index in [1.165, 1.54) is 14.0 Å². The third-order valence-corrected chi connectivity index (χ3v) is 12.9. The summed E-state index contributed by atoms with van der Waals surface area (Å²) >= 11 is 0. The first kappa shape index (κ1) is 42.6. The van der Waals surface area contributed by atoms with Crippen LogP contribution in [-0.4, -0.2) is 92.2 Å². The van der Waals surface area contributed by atoms with Crippen molar-refractivity contribution in [3.63, 3.8) is 0 Å². The molecule has 0 radical (unpaired) electrons. The second kappa shape index (κ2) is 17.3. The van der Waals surface area contributed by atoms with Crippen LogP contribution in [-0.2, 0) is 40.3 Å². The molecule has 326 valence electrons. The molecule has 9 rings (SSSR count). The molecule has 2 aromatic carbocycles. The second-order valence-electron chi connectivity index (χ2n) is 16.4. The summed E-state index contributed by atoms with van der Waals surface area (Å²) in [5.74, 6) is 0.660. The SMILES string of the molecule is CC.COc1cc(N2CC[C@@H](n3nc(N4CCCc5cc(-c6cc7nccn7cc6C)c(C(F)F)cc54)c4c3CCN(C(C)=O)C4)C2)cc2c1C(=O)N(C(CCC=O)C(C)=O)C2. The number of ketones is 1. The molecule has 0 bridgehead atoms. The van der Waals surface area contributed by atoms with Crippen LogP contribution in [0.5, 0.6) is 5.75 Å². The monoisotopic (exact) mass is 848 g/mol. The van der Waals surface area contributed by atoms with Gasteiger partial charge in [0.2, 0.25) is 5.91 Å². The van der Waals surface area contributed by atoms with Crippen molar-refractivity contribution in [2.45, 2.75) is 105 Å². The lowest BCUT2D eigenvalue weighted by Crippen LogP contribution is -2.40. The van der Waals surface area contributed by atoms with Gasteiger partial charge in [-0.25, -0.2) is 13.8 Å². The summed E-state index contributed by atoms with van der Waals surface area (Å²) in [6.07, 6.45) is 6.88. The zero-order valence-corrected chi connectivity index (χ0v) is 36.3. The Labute approximate surface area is 360 Å². The van der Waals surface area contributed by atoms with Crippen molar-refractivity contribution in [2.24, 2.45) is 0 Å². The number of anilines is 3. The van der Waals surface area contributed by atoms with E-state index < -0.39 is 12.5 Å². The highest BCUT2D eigenvalue weighted by Gasteiger charge is 2.39. The van der Waals surface area contributed by atoms with Gasteiger partial charge in [-0.15, -0.1) is 0 Å². The summed E-state index contributed by atoms with van der Waals surface area (Å²) in [6.45, 7) is 12.1. The van der Waals surface area contributed by atoms with Gasteiger partial charge in [-0.2, -0.15) is 5.10 Å². The second-order valence-corrected chi connectivity index (χ2v) is 16.4. The first-order valence-electron chi connectivity index (χ1n) is 21.7. The maximum Gasteiger partial charge on any atom is 0.264 e. The minimum absolute atomic E-state index is 0.0250. The fourth-order valence-corrected chi connectivity index (χ4v) is 9.85. The number of aldehydes is 1. The number of alkyl halides is 2. The van der Waals surface area contributed by atoms with Crippen molar-refractivity contribution >= 4 is 46.7 Å². The summed E-state index contributed by atoms with van der Waals surface area (Å²) in [5.41, 5.74) is 8.53. The minimum atomic E-state index is -2.72. The molecule has 5 aromatic rings. The van der Waals surface area contributed by atoms with Gasteiger partial charge >= 0.3 is 0 Å². The smallest absolute Gasteiger partial charge is 0.264 e. The third kappa shape index (κ3) is 7.48. The van der Waals surface area contributed by atoms with Crippen molar-refractivity contribution in [1.29, 1.82) is 0 Å². The Hall–Kier alpha value is -6.12. The van der Waals surface area contributed by atoms with E-state index in [1.807, 2.05) is 66.7 Å². The molecule has 0 aliphatic carbocycles. The number of Topliss-reactive ketones (excluding diaryl/α,β-unsaturated/α-hetero) is 1. The molecule has 1 fully saturated rings. The molecule has 4 aliphatic heterocycles. The number of imidazole rings is 1. The molecule has 2 amide bonds. The average Bonchev–Trinajstić information content (AvgIpc) is 4.08. The van der Waals surface area contributed by atoms with Crippen LogP contribution in [0, 0.1) is 6.92 Å². The molecule has 1 unspecified atom stereocenters. The molecule has 7 heterocycles. The molecule has 1 saturated heterocycles. The normalized spacial score (nSPS) is 17.5. The highest BCUT2D eigenvalue weighted by Crippen LogP contribution is 2.45. The molecule has 15 heteroatoms. The Bertz CT molecular complexity index is 2570. The lowest BCUT2D eigenvalue weighted by molar-refractivity contribution is -0.129. The van der Waals surface area contributed by atoms with E-state index in [-0.39, 0.29) is 48.6 Å². The number of carbonyl (C=O) groups is 4. The van der Waals surface area contributed by atoms with E-state index in [1.54, 1.807) is 24.1 Å². The number of methoxy groups -OCH3 is 1. The predicted molar refractivity (Wildman–Crippen MR) is 233 cm³/mol. The Morgan fingerprint density at radius 1 is 1.00 bits per heavy atom. The van der Waals surface area contributed by atoms with Crippen LogP contribution in [0.25, 0.3) is 16.8 Å². The molecule has 13 nitrogen and oxygen atoms in total. The third-order valence-electron chi connectivity index (χ3n) is 12.9. The quantitative estimate of drug-likeness (QED) is 0.122. The highest BCUT2D eigenvalue weighted by atomic mass is 19.3. The Balaban J connectivity index is 0.00000261. The zero-order valence-electron chi connectivity index (χ0n) is 36.3. The van der Waals surface area contributed by atoms with E-state index in [2.05, 4.69) is 19.5 Å². The lowest BCUT2D eigenvalue weighted by atomic mass is 9.90. The minimum Gasteiger partial charge on any atom is -0.496 e. The van der Waals surface area contributed by atoms with E-state index in [0.717, 1.165) is 64.7 Å². The number of pyridine rings is 1. The van der Waals surface area contributed by atoms with Crippen LogP contribution in [0.3, 0.4) is 0 Å². The van der Waals surface area contributed by atoms with Crippen molar-refractivity contribution in [3.8, 4) is 16.9 Å². The molecule has 0 N–H and O–H groups in total. The van der Waals surface area contributed by atoms with Crippen LogP contribution in [0.4, 0.5) is 26.0 Å². The van der Waals surface area contributed by atoms with Gasteiger partial charge in [0, 0.05) is 105 Å². The summed E-state index contributed by atoms with van der Waals surface area (Å²) in [5, 5.41) is 5.33. The van der Waals surface area contributed by atoms with E-state index >= 15 is 8.78 Å². The maximum absolute atomic E-state index is 15.1. The largest absolute Gasteiger partial charge is 0.496 e. The zero-order chi connectivity index (χ0) is 44.0. The fourth-order valence-electron chi connectivity index (χ4n) is 9.85. The molecular formula is C47H54F2N8O5. The van der Waals surface area contributed by atoms with Crippen LogP contribution >= 0.6 is 0 Å². The van der Waals surface area contributed by atoms with Gasteiger partial charge in [-0.1, -0.05) is 13.8 Å². The number of rotatable bonds is 11. The summed E-state index contributed by atoms with van der Waals surface area (Å²) in [7, 11) is 1.53. The lowest BCUT2D eigenvalue weighted by Gasteiger charge is -2.33. The summed E-state index contributed by atoms with van der Waals surface area (Å²) in [6, 6.07) is 8.59. The van der Waals surface area contributed by atoms with Crippen molar-refractivity contribution in [2.75, 3.05) is 43.1 Å². The molecular weight excluding hydrogens is 795 g/mol. The van der Waals surface area contributed by atoms with Gasteiger partial charge in [0.25, 0.3) is 12.3 Å². The number of hydrogen-bond donors (Lipinski definition) is 0. The van der Waals surface area contributed by atoms with Crippen LogP contribution in [0.2, 0.25) is 0 Å². The number of carbonyl (C=O) groups excluding carboxylic acids is 4. The van der Waals surface area contributed by atoms with E-state index in [4.69, 9.17) is 9.84 Å². The molecule has 4 aliphatic rings. The molecule has 62 heavy (non-hydrogen) atoms. The van der Waals surface area contributed by atoms with Crippen LogP contribution in [0.1, 0.15) is 110 Å². The summed E-state index contributed by atoms with van der Waals surface area (Å²) in [4.78, 5) is 62.3. The Morgan fingerprint density at radius 2 is 1.81 bits per heavy atom. The van der Waals surface area contributed by atoms with Gasteiger partial charge < -0.3 is 33.5 Å². The van der Waals surface area contributed by atoms with Crippen molar-refractivity contribution in [3.05, 3.63) is 88.0 Å². The average molecular weight is 849 g/mol. The standard InChI is InChI=1S/C45H48F2N8O5.C2H6/c1-26-22-52-15-11-48-41(52)21-33(26)34-18-29-7-5-12-53(39(29)20-35(34)43(46)47)44-36-25-50(28(3)58)14-10-38(36)55(49-44)31-9-13-51(24-31)32-17-30-23-54(37(27(2)57)8-6-16-56)45(59)42(30)40(19-32)60-4;1-2/h11,15-22,31,37,43H,5-10,12-14,23-25H2,1-4H3;1-2H3/t31-,37?;/m1./s1. The van der Waals surface area contributed by atoms with Gasteiger partial charge in [0.1, 0.15) is 17.7 Å². The van der Waals surface area contributed by atoms with Crippen LogP contribution < -0.4 is 14.5 Å². The maximum atomic E-state index is 15.1. The molecule has 0 saturated carbocycles. The van der Waals surface area contributed by atoms with Gasteiger partial charge in [0.15, 0.2) is 11.6 Å². The topological polar surface area (TPSA) is 126 Å². The van der Waals surface area contributed by atoms with E-state index in [0.29, 0.717) is 73.2 Å². The fraction of sp³-hybridized carbons (Fsp3) is 0.447. The number of aryl methyl sites for hydroxylation is 2. The van der Waals surface area contributed by atoms with Gasteiger partial charge in [-0.3, -0.25) is 19.1 Å². The van der Waals surface area contributed by atoms with Crippen molar-refractivity contribution in [1.82, 2.24) is 29.0 Å². The van der Waals surface area contributed by atoms with Crippen LogP contribution in [0.15, 0.2) is 48.9 Å². The van der Waals surface area contributed by atoms with Gasteiger partial charge in [0.05, 0.1) is 31.3 Å². The summed E-state index contributed by atoms with van der Waals surface area (Å²) < 4.78 is 40.0. The Morgan fingerprint density at radius 3 is 2.53 bits per heavy atom. The Kier molecular flexibility index (Phi) is 11.9. The molecule has 3 aromatic heterocycles. The number of amides is 2. The number of nitrogens with zero attached hydrogens (tertiary/aromatic N) is 8. The number of fused-ring (bicyclic) bond motifs is 4. The van der Waals surface area contributed by atoms with Crippen molar-refractivity contribution < 1.29 is 32.7 Å². The molecule has 0 spiro atoms.